The van der Waals surface area contributed by atoms with Gasteiger partial charge in [-0.2, -0.15) is 0 Å². The van der Waals surface area contributed by atoms with Crippen LogP contribution in [0, 0.1) is 5.92 Å². The molecule has 0 radical (unpaired) electrons. The minimum Gasteiger partial charge on any atom is -0.375 e. The monoisotopic (exact) mass is 154 g/mol. The second-order valence-corrected chi connectivity index (χ2v) is 3.96. The number of hydrogen-bond donors (Lipinski definition) is 1. The Morgan fingerprint density at radius 3 is 3.00 bits per heavy atom. The molecule has 0 aliphatic heterocycles. The first-order chi connectivity index (χ1) is 4.84. The molecule has 2 nitrogen and oxygen atoms in total. The predicted molar refractivity (Wildman–Crippen MR) is 43.0 cm³/mol. The SMILES string of the molecule is Nc1ncc(CC2CC2)s1. The van der Waals surface area contributed by atoms with E-state index in [0.717, 1.165) is 5.92 Å². The molecule has 0 amide bonds. The summed E-state index contributed by atoms with van der Waals surface area (Å²) in [6, 6.07) is 0. The van der Waals surface area contributed by atoms with Crippen LogP contribution in [0.1, 0.15) is 17.7 Å². The van der Waals surface area contributed by atoms with Gasteiger partial charge in [0.15, 0.2) is 5.13 Å². The summed E-state index contributed by atoms with van der Waals surface area (Å²) in [5, 5.41) is 0.704. The van der Waals surface area contributed by atoms with Crippen LogP contribution in [0.3, 0.4) is 0 Å². The third-order valence-electron chi connectivity index (χ3n) is 1.76. The van der Waals surface area contributed by atoms with E-state index in [-0.39, 0.29) is 0 Å². The van der Waals surface area contributed by atoms with Crippen LogP contribution in [-0.2, 0) is 6.42 Å². The Labute approximate surface area is 64.1 Å². The molecule has 0 unspecified atom stereocenters. The molecule has 1 aromatic rings. The highest BCUT2D eigenvalue weighted by molar-refractivity contribution is 7.15. The zero-order valence-electron chi connectivity index (χ0n) is 5.71. The van der Waals surface area contributed by atoms with Crippen LogP contribution in [0.25, 0.3) is 0 Å². The summed E-state index contributed by atoms with van der Waals surface area (Å²) < 4.78 is 0. The number of nitrogens with zero attached hydrogens (tertiary/aromatic N) is 1. The first kappa shape index (κ1) is 6.16. The number of rotatable bonds is 2. The highest BCUT2D eigenvalue weighted by Gasteiger charge is 2.22. The van der Waals surface area contributed by atoms with Gasteiger partial charge in [-0.1, -0.05) is 0 Å². The molecule has 1 heterocycles. The van der Waals surface area contributed by atoms with Crippen molar-refractivity contribution in [2.75, 3.05) is 5.73 Å². The minimum atomic E-state index is 0.704. The van der Waals surface area contributed by atoms with Gasteiger partial charge in [0.2, 0.25) is 0 Å². The Morgan fingerprint density at radius 1 is 1.70 bits per heavy atom. The summed E-state index contributed by atoms with van der Waals surface area (Å²) in [7, 11) is 0. The van der Waals surface area contributed by atoms with Gasteiger partial charge in [-0.05, 0) is 25.2 Å². The lowest BCUT2D eigenvalue weighted by Gasteiger charge is -1.87. The van der Waals surface area contributed by atoms with Gasteiger partial charge in [-0.15, -0.1) is 11.3 Å². The third-order valence-corrected chi connectivity index (χ3v) is 2.61. The Balaban J connectivity index is 2.03. The van der Waals surface area contributed by atoms with Crippen molar-refractivity contribution in [3.8, 4) is 0 Å². The molecule has 1 aliphatic carbocycles. The number of nitrogens with two attached hydrogens (primary N) is 1. The standard InChI is InChI=1S/C7H10N2S/c8-7-9-4-6(10-7)3-5-1-2-5/h4-5H,1-3H2,(H2,8,9). The van der Waals surface area contributed by atoms with Crippen LogP contribution in [0.5, 0.6) is 0 Å². The maximum Gasteiger partial charge on any atom is 0.180 e. The zero-order valence-corrected chi connectivity index (χ0v) is 6.53. The fraction of sp³-hybridized carbons (Fsp3) is 0.571. The van der Waals surface area contributed by atoms with Crippen LogP contribution < -0.4 is 5.73 Å². The van der Waals surface area contributed by atoms with E-state index in [4.69, 9.17) is 5.73 Å². The van der Waals surface area contributed by atoms with Crippen molar-refractivity contribution in [2.45, 2.75) is 19.3 Å². The normalized spacial score (nSPS) is 17.6. The Hall–Kier alpha value is -0.570. The van der Waals surface area contributed by atoms with E-state index < -0.39 is 0 Å². The van der Waals surface area contributed by atoms with Crippen LogP contribution >= 0.6 is 11.3 Å². The molecule has 1 aromatic heterocycles. The number of hydrogen-bond acceptors (Lipinski definition) is 3. The highest BCUT2D eigenvalue weighted by Crippen LogP contribution is 2.34. The topological polar surface area (TPSA) is 38.9 Å². The third kappa shape index (κ3) is 1.29. The quantitative estimate of drug-likeness (QED) is 0.703. The van der Waals surface area contributed by atoms with E-state index in [0.29, 0.717) is 5.13 Å². The van der Waals surface area contributed by atoms with Crippen molar-refractivity contribution in [3.05, 3.63) is 11.1 Å². The smallest absolute Gasteiger partial charge is 0.180 e. The van der Waals surface area contributed by atoms with Crippen LogP contribution in [0.2, 0.25) is 0 Å². The van der Waals surface area contributed by atoms with Gasteiger partial charge < -0.3 is 5.73 Å². The van der Waals surface area contributed by atoms with E-state index in [2.05, 4.69) is 4.98 Å². The lowest BCUT2D eigenvalue weighted by Crippen LogP contribution is -1.79. The summed E-state index contributed by atoms with van der Waals surface area (Å²) in [5.74, 6) is 0.944. The average Bonchev–Trinajstić information content (AvgIpc) is 2.59. The molecule has 0 saturated heterocycles. The van der Waals surface area contributed by atoms with Crippen LogP contribution in [0.15, 0.2) is 6.20 Å². The molecule has 3 heteroatoms. The highest BCUT2D eigenvalue weighted by atomic mass is 32.1. The van der Waals surface area contributed by atoms with Gasteiger partial charge in [0.05, 0.1) is 0 Å². The fourth-order valence-electron chi connectivity index (χ4n) is 1.02. The van der Waals surface area contributed by atoms with Crippen molar-refractivity contribution in [2.24, 2.45) is 5.92 Å². The predicted octanol–water partition coefficient (Wildman–Crippen LogP) is 1.68. The second kappa shape index (κ2) is 2.23. The minimum absolute atomic E-state index is 0.704. The number of aromatic nitrogens is 1. The van der Waals surface area contributed by atoms with Crippen molar-refractivity contribution < 1.29 is 0 Å². The maximum atomic E-state index is 5.48. The number of nitrogen functional groups attached to an aromatic ring is 1. The molecule has 0 atom stereocenters. The van der Waals surface area contributed by atoms with Crippen molar-refractivity contribution in [1.29, 1.82) is 0 Å². The fourth-order valence-corrected chi connectivity index (χ4v) is 1.82. The molecular formula is C7H10N2S. The summed E-state index contributed by atoms with van der Waals surface area (Å²) in [6.45, 7) is 0. The first-order valence-corrected chi connectivity index (χ1v) is 4.36. The van der Waals surface area contributed by atoms with Crippen LogP contribution in [0.4, 0.5) is 5.13 Å². The second-order valence-electron chi connectivity index (χ2n) is 2.81. The van der Waals surface area contributed by atoms with Crippen molar-refractivity contribution in [1.82, 2.24) is 4.98 Å². The van der Waals surface area contributed by atoms with Crippen LogP contribution in [-0.4, -0.2) is 4.98 Å². The summed E-state index contributed by atoms with van der Waals surface area (Å²) in [4.78, 5) is 5.34. The molecule has 1 saturated carbocycles. The molecule has 10 heavy (non-hydrogen) atoms. The maximum absolute atomic E-state index is 5.48. The lowest BCUT2D eigenvalue weighted by atomic mass is 10.3. The van der Waals surface area contributed by atoms with Gasteiger partial charge in [0.1, 0.15) is 0 Å². The zero-order chi connectivity index (χ0) is 6.97. The van der Waals surface area contributed by atoms with Gasteiger partial charge in [-0.3, -0.25) is 0 Å². The van der Waals surface area contributed by atoms with E-state index in [1.807, 2.05) is 6.20 Å². The van der Waals surface area contributed by atoms with E-state index in [9.17, 15) is 0 Å². The lowest BCUT2D eigenvalue weighted by molar-refractivity contribution is 0.844. The summed E-state index contributed by atoms with van der Waals surface area (Å²) in [6.07, 6.45) is 5.91. The first-order valence-electron chi connectivity index (χ1n) is 3.55. The molecule has 54 valence electrons. The van der Waals surface area contributed by atoms with Crippen molar-refractivity contribution >= 4 is 16.5 Å². The summed E-state index contributed by atoms with van der Waals surface area (Å²) in [5.41, 5.74) is 5.48. The molecule has 2 N–H and O–H groups in total. The Kier molecular flexibility index (Phi) is 1.38. The molecule has 1 fully saturated rings. The van der Waals surface area contributed by atoms with Gasteiger partial charge in [-0.25, -0.2) is 4.98 Å². The molecule has 2 rings (SSSR count). The number of anilines is 1. The van der Waals surface area contributed by atoms with E-state index >= 15 is 0 Å². The largest absolute Gasteiger partial charge is 0.375 e. The van der Waals surface area contributed by atoms with Gasteiger partial charge >= 0.3 is 0 Å². The molecule has 0 aromatic carbocycles. The average molecular weight is 154 g/mol. The van der Waals surface area contributed by atoms with Gasteiger partial charge in [0, 0.05) is 11.1 Å². The van der Waals surface area contributed by atoms with Crippen molar-refractivity contribution in [3.63, 3.8) is 0 Å². The van der Waals surface area contributed by atoms with E-state index in [1.165, 1.54) is 24.1 Å². The number of thiazole rings is 1. The molecule has 0 bridgehead atoms. The molecule has 0 spiro atoms. The Bertz CT molecular complexity index is 227. The molecular weight excluding hydrogens is 144 g/mol. The van der Waals surface area contributed by atoms with Gasteiger partial charge in [0.25, 0.3) is 0 Å². The van der Waals surface area contributed by atoms with E-state index in [1.54, 1.807) is 11.3 Å². The summed E-state index contributed by atoms with van der Waals surface area (Å²) >= 11 is 1.62. The Morgan fingerprint density at radius 2 is 2.50 bits per heavy atom. The molecule has 1 aliphatic rings.